The van der Waals surface area contributed by atoms with Crippen molar-refractivity contribution in [1.82, 2.24) is 9.78 Å². The molecule has 1 aliphatic rings. The Bertz CT molecular complexity index is 1240. The van der Waals surface area contributed by atoms with E-state index < -0.39 is 17.4 Å². The van der Waals surface area contributed by atoms with Gasteiger partial charge in [0.05, 0.1) is 16.4 Å². The molecule has 0 aliphatic carbocycles. The molecule has 0 saturated heterocycles. The van der Waals surface area contributed by atoms with E-state index in [0.717, 1.165) is 0 Å². The summed E-state index contributed by atoms with van der Waals surface area (Å²) in [4.78, 5) is 37.0. The van der Waals surface area contributed by atoms with Crippen LogP contribution in [0.1, 0.15) is 23.1 Å². The molecule has 8 nitrogen and oxygen atoms in total. The normalized spacial score (nSPS) is 15.0. The maximum absolute atomic E-state index is 12.8. The van der Waals surface area contributed by atoms with Crippen molar-refractivity contribution >= 4 is 34.8 Å². The zero-order valence-corrected chi connectivity index (χ0v) is 16.9. The van der Waals surface area contributed by atoms with Gasteiger partial charge >= 0.3 is 0 Å². The number of nitrogens with one attached hydrogen (secondary N) is 2. The quantitative estimate of drug-likeness (QED) is 0.672. The highest BCUT2D eigenvalue weighted by Gasteiger charge is 2.24. The Morgan fingerprint density at radius 3 is 2.73 bits per heavy atom. The van der Waals surface area contributed by atoms with E-state index in [9.17, 15) is 14.4 Å². The van der Waals surface area contributed by atoms with Crippen LogP contribution in [0.3, 0.4) is 0 Å². The van der Waals surface area contributed by atoms with E-state index >= 15 is 0 Å². The molecular formula is C21H17ClN4O4. The number of rotatable bonds is 3. The number of benzene rings is 2. The van der Waals surface area contributed by atoms with Gasteiger partial charge in [0.1, 0.15) is 5.75 Å². The number of carbonyl (C=O) groups is 2. The largest absolute Gasteiger partial charge is 0.479 e. The lowest BCUT2D eigenvalue weighted by Gasteiger charge is -2.23. The molecule has 152 valence electrons. The molecule has 2 heterocycles. The third-order valence-electron chi connectivity index (χ3n) is 4.57. The second kappa shape index (κ2) is 7.64. The van der Waals surface area contributed by atoms with Crippen molar-refractivity contribution in [3.05, 3.63) is 75.2 Å². The van der Waals surface area contributed by atoms with Crippen LogP contribution in [0, 0.1) is 6.92 Å². The summed E-state index contributed by atoms with van der Waals surface area (Å²) in [6.45, 7) is 3.34. The maximum atomic E-state index is 12.8. The number of aromatic nitrogens is 2. The molecule has 30 heavy (non-hydrogen) atoms. The highest BCUT2D eigenvalue weighted by atomic mass is 35.5. The molecule has 2 amide bonds. The monoisotopic (exact) mass is 424 g/mol. The highest BCUT2D eigenvalue weighted by Crippen LogP contribution is 2.32. The number of aryl methyl sites for hydroxylation is 1. The molecule has 1 aliphatic heterocycles. The van der Waals surface area contributed by atoms with Gasteiger partial charge in [0, 0.05) is 17.4 Å². The summed E-state index contributed by atoms with van der Waals surface area (Å²) in [6.07, 6.45) is -0.599. The summed E-state index contributed by atoms with van der Waals surface area (Å²) in [5.74, 6) is -0.472. The van der Waals surface area contributed by atoms with Gasteiger partial charge in [-0.1, -0.05) is 23.7 Å². The number of carbonyl (C=O) groups excluding carboxylic acids is 2. The van der Waals surface area contributed by atoms with Crippen molar-refractivity contribution in [1.29, 1.82) is 0 Å². The number of anilines is 2. The lowest BCUT2D eigenvalue weighted by molar-refractivity contribution is -0.122. The highest BCUT2D eigenvalue weighted by molar-refractivity contribution is 6.32. The van der Waals surface area contributed by atoms with Crippen LogP contribution in [0.2, 0.25) is 5.02 Å². The first-order chi connectivity index (χ1) is 14.3. The summed E-state index contributed by atoms with van der Waals surface area (Å²) < 4.78 is 6.94. The summed E-state index contributed by atoms with van der Waals surface area (Å²) in [5.41, 5.74) is 1.09. The second-order valence-corrected chi connectivity index (χ2v) is 7.18. The van der Waals surface area contributed by atoms with Gasteiger partial charge in [0.25, 0.3) is 11.8 Å². The summed E-state index contributed by atoms with van der Waals surface area (Å²) in [5, 5.41) is 10.00. The first-order valence-corrected chi connectivity index (χ1v) is 9.50. The molecule has 0 saturated carbocycles. The number of ether oxygens (including phenoxy) is 1. The zero-order valence-electron chi connectivity index (χ0n) is 16.1. The smallest absolute Gasteiger partial charge is 0.280 e. The fraction of sp³-hybridized carbons (Fsp3) is 0.143. The molecule has 0 unspecified atom stereocenters. The molecule has 0 bridgehead atoms. The number of halogens is 1. The molecule has 3 aromatic rings. The van der Waals surface area contributed by atoms with Gasteiger partial charge < -0.3 is 15.4 Å². The van der Waals surface area contributed by atoms with Crippen LogP contribution in [0.5, 0.6) is 5.75 Å². The standard InChI is InChI=1S/C21H17ClN4O4/c1-11-9-17(27)19(25-26(11)16-6-4-3-5-14(16)22)21(29)23-13-7-8-18-15(10-13)24-20(28)12(2)30-18/h3-10,12H,1-2H3,(H,23,29)(H,24,28)/t12-/m0/s1. The SMILES string of the molecule is Cc1cc(=O)c(C(=O)Nc2ccc3c(c2)NC(=O)[C@H](C)O3)nn1-c1ccccc1Cl. The van der Waals surface area contributed by atoms with E-state index in [4.69, 9.17) is 16.3 Å². The van der Waals surface area contributed by atoms with Gasteiger partial charge in [-0.25, -0.2) is 4.68 Å². The number of hydrogen-bond donors (Lipinski definition) is 2. The number of nitrogens with zero attached hydrogens (tertiary/aromatic N) is 2. The minimum absolute atomic E-state index is 0.284. The number of para-hydroxylation sites is 1. The van der Waals surface area contributed by atoms with Crippen LogP contribution in [-0.2, 0) is 4.79 Å². The molecular weight excluding hydrogens is 408 g/mol. The Kier molecular flexibility index (Phi) is 5.01. The van der Waals surface area contributed by atoms with Crippen LogP contribution in [0.25, 0.3) is 5.69 Å². The molecule has 0 radical (unpaired) electrons. The van der Waals surface area contributed by atoms with Gasteiger partial charge in [0.2, 0.25) is 5.43 Å². The summed E-state index contributed by atoms with van der Waals surface area (Å²) in [7, 11) is 0. The predicted molar refractivity (Wildman–Crippen MR) is 113 cm³/mol. The Hall–Kier alpha value is -3.65. The van der Waals surface area contributed by atoms with Crippen LogP contribution in [-0.4, -0.2) is 27.7 Å². The van der Waals surface area contributed by atoms with Crippen molar-refractivity contribution in [3.8, 4) is 11.4 Å². The lowest BCUT2D eigenvalue weighted by Crippen LogP contribution is -2.34. The fourth-order valence-corrected chi connectivity index (χ4v) is 3.26. The van der Waals surface area contributed by atoms with E-state index in [1.807, 2.05) is 0 Å². The van der Waals surface area contributed by atoms with Gasteiger partial charge in [-0.15, -0.1) is 0 Å². The Morgan fingerprint density at radius 2 is 1.97 bits per heavy atom. The van der Waals surface area contributed by atoms with Gasteiger partial charge in [0.15, 0.2) is 11.8 Å². The minimum Gasteiger partial charge on any atom is -0.479 e. The summed E-state index contributed by atoms with van der Waals surface area (Å²) in [6, 6.07) is 13.1. The van der Waals surface area contributed by atoms with Crippen LogP contribution >= 0.6 is 11.6 Å². The van der Waals surface area contributed by atoms with E-state index in [1.54, 1.807) is 56.3 Å². The number of amides is 2. The summed E-state index contributed by atoms with van der Waals surface area (Å²) >= 11 is 6.24. The molecule has 4 rings (SSSR count). The van der Waals surface area contributed by atoms with Crippen LogP contribution < -0.4 is 20.8 Å². The fourth-order valence-electron chi connectivity index (χ4n) is 3.05. The first kappa shape index (κ1) is 19.7. The molecule has 1 atom stereocenters. The zero-order chi connectivity index (χ0) is 21.4. The number of fused-ring (bicyclic) bond motifs is 1. The maximum Gasteiger partial charge on any atom is 0.280 e. The van der Waals surface area contributed by atoms with Crippen molar-refractivity contribution in [2.24, 2.45) is 0 Å². The first-order valence-electron chi connectivity index (χ1n) is 9.12. The van der Waals surface area contributed by atoms with Crippen molar-refractivity contribution < 1.29 is 14.3 Å². The van der Waals surface area contributed by atoms with Crippen molar-refractivity contribution in [2.75, 3.05) is 10.6 Å². The topological polar surface area (TPSA) is 102 Å². The molecule has 2 aromatic carbocycles. The number of hydrogen-bond acceptors (Lipinski definition) is 5. The Balaban J connectivity index is 1.65. The minimum atomic E-state index is -0.683. The predicted octanol–water partition coefficient (Wildman–Crippen LogP) is 3.17. The van der Waals surface area contributed by atoms with Crippen molar-refractivity contribution in [3.63, 3.8) is 0 Å². The van der Waals surface area contributed by atoms with Gasteiger partial charge in [-0.3, -0.25) is 14.4 Å². The van der Waals surface area contributed by atoms with E-state index in [2.05, 4.69) is 15.7 Å². The van der Waals surface area contributed by atoms with Gasteiger partial charge in [-0.05, 0) is 44.2 Å². The van der Waals surface area contributed by atoms with Crippen LogP contribution in [0.4, 0.5) is 11.4 Å². The molecule has 2 N–H and O–H groups in total. The lowest BCUT2D eigenvalue weighted by atomic mass is 10.2. The Labute approximate surface area is 176 Å². The third-order valence-corrected chi connectivity index (χ3v) is 4.89. The van der Waals surface area contributed by atoms with E-state index in [-0.39, 0.29) is 11.6 Å². The van der Waals surface area contributed by atoms with E-state index in [1.165, 1.54) is 10.7 Å². The Morgan fingerprint density at radius 1 is 1.20 bits per heavy atom. The van der Waals surface area contributed by atoms with Crippen molar-refractivity contribution in [2.45, 2.75) is 20.0 Å². The molecule has 0 spiro atoms. The van der Waals surface area contributed by atoms with Crippen LogP contribution in [0.15, 0.2) is 53.3 Å². The molecule has 1 aromatic heterocycles. The van der Waals surface area contributed by atoms with Gasteiger partial charge in [-0.2, -0.15) is 5.10 Å². The average molecular weight is 425 g/mol. The molecule has 9 heteroatoms. The molecule has 0 fully saturated rings. The van der Waals surface area contributed by atoms with E-state index in [0.29, 0.717) is 33.5 Å². The second-order valence-electron chi connectivity index (χ2n) is 6.78. The average Bonchev–Trinajstić information content (AvgIpc) is 2.70. The third kappa shape index (κ3) is 3.65.